The van der Waals surface area contributed by atoms with Crippen LogP contribution in [0.15, 0.2) is 48.5 Å². The van der Waals surface area contributed by atoms with Crippen LogP contribution in [0.5, 0.6) is 5.75 Å². The number of amides is 1. The van der Waals surface area contributed by atoms with Gasteiger partial charge in [0, 0.05) is 0 Å². The minimum Gasteiger partial charge on any atom is -0.489 e. The highest BCUT2D eigenvalue weighted by atomic mass is 16.5. The molecule has 138 valence electrons. The molecule has 1 amide bonds. The largest absolute Gasteiger partial charge is 0.489 e. The molecule has 2 aromatic rings. The van der Waals surface area contributed by atoms with Crippen molar-refractivity contribution in [2.75, 3.05) is 11.9 Å². The fourth-order valence-corrected chi connectivity index (χ4v) is 2.26. The Morgan fingerprint density at radius 1 is 1.12 bits per heavy atom. The van der Waals surface area contributed by atoms with Crippen LogP contribution in [0.2, 0.25) is 0 Å². The number of hydrogen-bond donors (Lipinski definition) is 2. The number of carbonyl (C=O) groups excluding carboxylic acids is 1. The van der Waals surface area contributed by atoms with Crippen molar-refractivity contribution in [2.45, 2.75) is 33.0 Å². The van der Waals surface area contributed by atoms with Crippen molar-refractivity contribution in [3.63, 3.8) is 0 Å². The number of hydrogen-bond acceptors (Lipinski definition) is 4. The first-order valence-electron chi connectivity index (χ1n) is 8.41. The van der Waals surface area contributed by atoms with E-state index in [4.69, 9.17) is 14.6 Å². The average molecular weight is 357 g/mol. The first-order valence-corrected chi connectivity index (χ1v) is 8.41. The molecule has 0 aliphatic carbocycles. The van der Waals surface area contributed by atoms with Gasteiger partial charge in [-0.25, -0.2) is 4.79 Å². The van der Waals surface area contributed by atoms with Crippen LogP contribution in [0.1, 0.15) is 36.2 Å². The molecule has 0 aromatic heterocycles. The minimum absolute atomic E-state index is 0.0803. The molecule has 0 saturated heterocycles. The number of ether oxygens (including phenoxy) is 2. The van der Waals surface area contributed by atoms with Gasteiger partial charge in [-0.1, -0.05) is 30.3 Å². The highest BCUT2D eigenvalue weighted by molar-refractivity contribution is 5.95. The summed E-state index contributed by atoms with van der Waals surface area (Å²) in [5.41, 5.74) is 1.46. The number of benzene rings is 2. The van der Waals surface area contributed by atoms with E-state index in [0.29, 0.717) is 18.0 Å². The van der Waals surface area contributed by atoms with E-state index >= 15 is 0 Å². The van der Waals surface area contributed by atoms with E-state index < -0.39 is 5.97 Å². The topological polar surface area (TPSA) is 84.9 Å². The lowest BCUT2D eigenvalue weighted by atomic mass is 10.2. The Kier molecular flexibility index (Phi) is 7.17. The van der Waals surface area contributed by atoms with E-state index in [0.717, 1.165) is 5.56 Å². The van der Waals surface area contributed by atoms with Gasteiger partial charge in [-0.2, -0.15) is 0 Å². The van der Waals surface area contributed by atoms with E-state index in [1.807, 2.05) is 44.2 Å². The Bertz CT molecular complexity index is 743. The predicted molar refractivity (Wildman–Crippen MR) is 98.5 cm³/mol. The fourth-order valence-electron chi connectivity index (χ4n) is 2.26. The summed E-state index contributed by atoms with van der Waals surface area (Å²) in [5.74, 6) is -0.902. The van der Waals surface area contributed by atoms with Gasteiger partial charge in [-0.15, -0.1) is 0 Å². The molecular formula is C20H23NO5. The zero-order chi connectivity index (χ0) is 18.9. The maximum Gasteiger partial charge on any atom is 0.335 e. The SMILES string of the molecule is CC(C)Oc1ccc(C(=O)O)cc1NC(=O)CCOCc1ccccc1. The van der Waals surface area contributed by atoms with Crippen LogP contribution in [0, 0.1) is 0 Å². The Morgan fingerprint density at radius 3 is 2.50 bits per heavy atom. The lowest BCUT2D eigenvalue weighted by molar-refractivity contribution is -0.117. The second kappa shape index (κ2) is 9.58. The first kappa shape index (κ1) is 19.5. The van der Waals surface area contributed by atoms with Gasteiger partial charge in [0.25, 0.3) is 0 Å². The second-order valence-electron chi connectivity index (χ2n) is 6.02. The molecule has 0 atom stereocenters. The number of carbonyl (C=O) groups is 2. The van der Waals surface area contributed by atoms with Gasteiger partial charge >= 0.3 is 5.97 Å². The van der Waals surface area contributed by atoms with E-state index in [-0.39, 0.29) is 30.6 Å². The number of carboxylic acid groups (broad SMARTS) is 1. The molecule has 0 heterocycles. The Balaban J connectivity index is 1.91. The Hall–Kier alpha value is -2.86. The molecular weight excluding hydrogens is 334 g/mol. The van der Waals surface area contributed by atoms with Gasteiger partial charge in [-0.3, -0.25) is 4.79 Å². The quantitative estimate of drug-likeness (QED) is 0.668. The Labute approximate surface area is 152 Å². The zero-order valence-corrected chi connectivity index (χ0v) is 14.9. The van der Waals surface area contributed by atoms with Gasteiger partial charge in [-0.05, 0) is 37.6 Å². The lowest BCUT2D eigenvalue weighted by Gasteiger charge is -2.15. The van der Waals surface area contributed by atoms with Crippen LogP contribution in [0.4, 0.5) is 5.69 Å². The molecule has 0 aliphatic heterocycles. The van der Waals surface area contributed by atoms with E-state index in [1.165, 1.54) is 12.1 Å². The highest BCUT2D eigenvalue weighted by Crippen LogP contribution is 2.27. The summed E-state index contributed by atoms with van der Waals surface area (Å²) in [6, 6.07) is 14.1. The third kappa shape index (κ3) is 6.22. The molecule has 2 aromatic carbocycles. The zero-order valence-electron chi connectivity index (χ0n) is 14.9. The van der Waals surface area contributed by atoms with Crippen molar-refractivity contribution in [2.24, 2.45) is 0 Å². The molecule has 0 fully saturated rings. The Morgan fingerprint density at radius 2 is 1.85 bits per heavy atom. The molecule has 0 saturated carbocycles. The number of rotatable bonds is 9. The third-order valence-electron chi connectivity index (χ3n) is 3.45. The average Bonchev–Trinajstić information content (AvgIpc) is 2.60. The predicted octanol–water partition coefficient (Wildman–Crippen LogP) is 3.72. The molecule has 0 radical (unpaired) electrons. The number of carboxylic acids is 1. The highest BCUT2D eigenvalue weighted by Gasteiger charge is 2.13. The summed E-state index contributed by atoms with van der Waals surface area (Å²) >= 11 is 0. The van der Waals surface area contributed by atoms with Gasteiger partial charge < -0.3 is 19.9 Å². The molecule has 0 bridgehead atoms. The molecule has 0 aliphatic rings. The smallest absolute Gasteiger partial charge is 0.335 e. The third-order valence-corrected chi connectivity index (χ3v) is 3.45. The first-order chi connectivity index (χ1) is 12.5. The molecule has 26 heavy (non-hydrogen) atoms. The van der Waals surface area contributed by atoms with Crippen LogP contribution in [-0.4, -0.2) is 29.7 Å². The monoisotopic (exact) mass is 357 g/mol. The van der Waals surface area contributed by atoms with Crippen molar-refractivity contribution in [3.8, 4) is 5.75 Å². The van der Waals surface area contributed by atoms with Crippen LogP contribution in [0.3, 0.4) is 0 Å². The second-order valence-corrected chi connectivity index (χ2v) is 6.02. The van der Waals surface area contributed by atoms with Gasteiger partial charge in [0.05, 0.1) is 37.0 Å². The molecule has 2 N–H and O–H groups in total. The summed E-state index contributed by atoms with van der Waals surface area (Å²) in [6.45, 7) is 4.41. The maximum absolute atomic E-state index is 12.1. The summed E-state index contributed by atoms with van der Waals surface area (Å²) in [6.07, 6.45) is 0.0566. The van der Waals surface area contributed by atoms with Crippen LogP contribution in [0.25, 0.3) is 0 Å². The summed E-state index contributed by atoms with van der Waals surface area (Å²) in [5, 5.41) is 11.8. The van der Waals surface area contributed by atoms with Crippen molar-refractivity contribution in [3.05, 3.63) is 59.7 Å². The molecule has 6 nitrogen and oxygen atoms in total. The summed E-state index contributed by atoms with van der Waals surface area (Å²) in [4.78, 5) is 23.3. The number of aromatic carboxylic acids is 1. The molecule has 0 spiro atoms. The number of nitrogens with one attached hydrogen (secondary N) is 1. The normalized spacial score (nSPS) is 10.6. The molecule has 6 heteroatoms. The maximum atomic E-state index is 12.1. The van der Waals surface area contributed by atoms with E-state index in [1.54, 1.807) is 6.07 Å². The standard InChI is InChI=1S/C20H23NO5/c1-14(2)26-18-9-8-16(20(23)24)12-17(18)21-19(22)10-11-25-13-15-6-4-3-5-7-15/h3-9,12,14H,10-11,13H2,1-2H3,(H,21,22)(H,23,24). The van der Waals surface area contributed by atoms with E-state index in [2.05, 4.69) is 5.32 Å². The van der Waals surface area contributed by atoms with Crippen LogP contribution >= 0.6 is 0 Å². The lowest BCUT2D eigenvalue weighted by Crippen LogP contribution is -2.16. The van der Waals surface area contributed by atoms with Gasteiger partial charge in [0.1, 0.15) is 5.75 Å². The van der Waals surface area contributed by atoms with Crippen LogP contribution in [-0.2, 0) is 16.1 Å². The van der Waals surface area contributed by atoms with Gasteiger partial charge in [0.15, 0.2) is 0 Å². The van der Waals surface area contributed by atoms with Crippen molar-refractivity contribution >= 4 is 17.6 Å². The van der Waals surface area contributed by atoms with Crippen molar-refractivity contribution < 1.29 is 24.2 Å². The number of anilines is 1. The summed E-state index contributed by atoms with van der Waals surface area (Å²) < 4.78 is 11.1. The van der Waals surface area contributed by atoms with Crippen LogP contribution < -0.4 is 10.1 Å². The summed E-state index contributed by atoms with van der Waals surface area (Å²) in [7, 11) is 0. The van der Waals surface area contributed by atoms with Crippen molar-refractivity contribution in [1.82, 2.24) is 0 Å². The van der Waals surface area contributed by atoms with Crippen molar-refractivity contribution in [1.29, 1.82) is 0 Å². The molecule has 0 unspecified atom stereocenters. The van der Waals surface area contributed by atoms with E-state index in [9.17, 15) is 9.59 Å². The molecule has 2 rings (SSSR count). The minimum atomic E-state index is -1.07. The fraction of sp³-hybridized carbons (Fsp3) is 0.300. The van der Waals surface area contributed by atoms with Gasteiger partial charge in [0.2, 0.25) is 5.91 Å².